The Kier molecular flexibility index (Phi) is 16.0. The summed E-state index contributed by atoms with van der Waals surface area (Å²) >= 11 is 0. The molecule has 13 rings (SSSR count). The van der Waals surface area contributed by atoms with E-state index in [0.717, 1.165) is 107 Å². The minimum absolute atomic E-state index is 0. The summed E-state index contributed by atoms with van der Waals surface area (Å²) in [6.45, 7) is 37.6. The molecule has 0 spiro atoms. The van der Waals surface area contributed by atoms with Crippen molar-refractivity contribution < 1.29 is 59.0 Å². The predicted molar refractivity (Wildman–Crippen MR) is 359 cm³/mol. The van der Waals surface area contributed by atoms with Gasteiger partial charge in [0.25, 0.3) is 0 Å². The van der Waals surface area contributed by atoms with Crippen molar-refractivity contribution >= 4 is 96.2 Å². The van der Waals surface area contributed by atoms with Crippen molar-refractivity contribution in [1.29, 1.82) is 0 Å². The fourth-order valence-electron chi connectivity index (χ4n) is 13.2. The minimum atomic E-state index is -0.299. The first-order valence-corrected chi connectivity index (χ1v) is 29.9. The van der Waals surface area contributed by atoms with Gasteiger partial charge in [-0.2, -0.15) is 25.0 Å². The second kappa shape index (κ2) is 22.6. The molecule has 0 aliphatic carbocycles. The van der Waals surface area contributed by atoms with Gasteiger partial charge in [-0.15, -0.1) is 28.1 Å². The summed E-state index contributed by atoms with van der Waals surface area (Å²) in [6, 6.07) is 79.2. The molecular weight excluding hydrogens is 1240 g/mol. The maximum absolute atomic E-state index is 6.65. The monoisotopic (exact) mass is 1320 g/mol. The molecule has 86 heavy (non-hydrogen) atoms. The number of anilines is 9. The standard InChI is InChI=1S/C79H74BN3O.2Cd/c1-15-79(13,14)64-43-45-67-73(50(64)2)83(58-40-35-54(36-41-58)76(4,5)6)74-51(3)65(78(10,11)12)49-70-72(74)80(67)66-44-42-59(81(56-27-20-17-21-28-56)68-46-37-55(77(7,8)9)47-63(68)52-25-18-16-19-26-52)48-69(66)82(70)57-38-33-53(34-39-57)60-30-24-31-62-61-29-22-23-32-71(61)84-75(60)62;;/h16-39,42-49H,2-3,15H2,1,4-14H3;;/q-4;2*+2. The summed E-state index contributed by atoms with van der Waals surface area (Å²) in [5, 5.41) is 2.23. The fraction of sp³-hybridized carbons (Fsp3) is 0.215. The molecule has 2 aliphatic heterocycles. The van der Waals surface area contributed by atoms with E-state index in [-0.39, 0.29) is 83.0 Å². The van der Waals surface area contributed by atoms with E-state index in [1.165, 1.54) is 44.2 Å². The third-order valence-electron chi connectivity index (χ3n) is 18.1. The molecule has 0 bridgehead atoms. The second-order valence-electron chi connectivity index (χ2n) is 27.0. The molecular formula is C79H74BCd2N3O. The van der Waals surface area contributed by atoms with Crippen molar-refractivity contribution in [3.05, 3.63) is 253 Å². The number of benzene rings is 10. The Bertz CT molecular complexity index is 4350. The largest absolute Gasteiger partial charge is 2.00 e. The number of nitrogens with zero attached hydrogens (tertiary/aromatic N) is 3. The van der Waals surface area contributed by atoms with Crippen LogP contribution in [0.1, 0.15) is 123 Å². The molecule has 4 nitrogen and oxygen atoms in total. The van der Waals surface area contributed by atoms with Crippen molar-refractivity contribution in [2.45, 2.75) is 111 Å². The molecule has 3 heterocycles. The molecule has 0 atom stereocenters. The van der Waals surface area contributed by atoms with Crippen LogP contribution < -0.4 is 31.1 Å². The zero-order valence-electron chi connectivity index (χ0n) is 52.3. The van der Waals surface area contributed by atoms with Gasteiger partial charge in [-0.1, -0.05) is 239 Å². The van der Waals surface area contributed by atoms with Crippen LogP contribution in [0.4, 0.5) is 51.2 Å². The van der Waals surface area contributed by atoms with Crippen molar-refractivity contribution in [3.8, 4) is 22.3 Å². The summed E-state index contributed by atoms with van der Waals surface area (Å²) < 4.78 is 6.65. The van der Waals surface area contributed by atoms with Gasteiger partial charge in [-0.3, -0.25) is 17.7 Å². The third kappa shape index (κ3) is 10.3. The molecule has 7 heteroatoms. The number of para-hydroxylation sites is 3. The quantitative estimate of drug-likeness (QED) is 0.106. The van der Waals surface area contributed by atoms with E-state index in [4.69, 9.17) is 18.3 Å². The number of hydrogen-bond donors (Lipinski definition) is 0. The number of furan rings is 1. The van der Waals surface area contributed by atoms with Crippen molar-refractivity contribution in [3.63, 3.8) is 0 Å². The fourth-order valence-corrected chi connectivity index (χ4v) is 13.2. The van der Waals surface area contributed by atoms with E-state index in [2.05, 4.69) is 298 Å². The first-order chi connectivity index (χ1) is 40.1. The second-order valence-corrected chi connectivity index (χ2v) is 27.0. The average molecular weight is 1320 g/mol. The Morgan fingerprint density at radius 2 is 1.12 bits per heavy atom. The summed E-state index contributed by atoms with van der Waals surface area (Å²) in [4.78, 5) is 7.43. The third-order valence-corrected chi connectivity index (χ3v) is 18.1. The summed E-state index contributed by atoms with van der Waals surface area (Å²) in [5.41, 5.74) is 25.6. The van der Waals surface area contributed by atoms with Crippen molar-refractivity contribution in [2.24, 2.45) is 0 Å². The zero-order valence-corrected chi connectivity index (χ0v) is 60.4. The van der Waals surface area contributed by atoms with Gasteiger partial charge in [0.15, 0.2) is 0 Å². The van der Waals surface area contributed by atoms with E-state index in [9.17, 15) is 0 Å². The summed E-state index contributed by atoms with van der Waals surface area (Å²) in [7, 11) is 0. The number of rotatable bonds is 9. The van der Waals surface area contributed by atoms with E-state index in [1.807, 2.05) is 6.07 Å². The Labute approximate surface area is 552 Å². The van der Waals surface area contributed by atoms with Crippen LogP contribution >= 0.6 is 0 Å². The van der Waals surface area contributed by atoms with E-state index in [1.54, 1.807) is 0 Å². The van der Waals surface area contributed by atoms with Crippen LogP contribution in [0.25, 0.3) is 44.2 Å². The first kappa shape index (κ1) is 60.7. The van der Waals surface area contributed by atoms with Gasteiger partial charge in [0, 0.05) is 50.3 Å². The molecule has 0 saturated carbocycles. The Morgan fingerprint density at radius 3 is 1.78 bits per heavy atom. The van der Waals surface area contributed by atoms with Gasteiger partial charge in [0.1, 0.15) is 11.2 Å². The molecule has 0 N–H and O–H groups in total. The van der Waals surface area contributed by atoms with Gasteiger partial charge >= 0.3 is 54.6 Å². The molecule has 0 saturated heterocycles. The molecule has 0 fully saturated rings. The Hall–Kier alpha value is -6.95. The molecule has 11 aromatic rings. The number of fused-ring (bicyclic) bond motifs is 7. The SMILES string of the molecule is [CH2-]c1c(C(C)(C)CC)ccc2c1N(c1[c-]cc(C(C)(C)C)c[c-]1)c1c([CH2-])c(C(C)(C)C)cc3c1B2c1ccc(N(c2ccccc2)c2ccc(C(C)(C)C)cc2-c2ccccc2)cc1N3c1ccc(-c2cccc3c2oc2ccccc23)cc1.[Cd+2].[Cd+2]. The van der Waals surface area contributed by atoms with E-state index in [0.29, 0.717) is 0 Å². The van der Waals surface area contributed by atoms with Crippen LogP contribution in [0, 0.1) is 26.0 Å². The van der Waals surface area contributed by atoms with Gasteiger partial charge in [-0.05, 0) is 82.2 Å². The van der Waals surface area contributed by atoms with Gasteiger partial charge in [0.2, 0.25) is 6.71 Å². The topological polar surface area (TPSA) is 22.9 Å². The van der Waals surface area contributed by atoms with Crippen LogP contribution in [0.2, 0.25) is 0 Å². The van der Waals surface area contributed by atoms with Crippen molar-refractivity contribution in [2.75, 3.05) is 14.7 Å². The van der Waals surface area contributed by atoms with Gasteiger partial charge in [-0.25, -0.2) is 5.69 Å². The summed E-state index contributed by atoms with van der Waals surface area (Å²) in [5.74, 6) is 0. The zero-order chi connectivity index (χ0) is 58.8. The minimum Gasteiger partial charge on any atom is -0.463 e. The Morgan fingerprint density at radius 1 is 0.500 bits per heavy atom. The smallest absolute Gasteiger partial charge is 0.463 e. The maximum Gasteiger partial charge on any atom is 2.00 e. The molecule has 1 aromatic heterocycles. The van der Waals surface area contributed by atoms with Crippen LogP contribution in [0.5, 0.6) is 0 Å². The van der Waals surface area contributed by atoms with Gasteiger partial charge in [0.05, 0.1) is 5.69 Å². The molecule has 418 valence electrons. The van der Waals surface area contributed by atoms with Gasteiger partial charge < -0.3 is 31.2 Å². The normalized spacial score (nSPS) is 13.0. The number of hydrogen-bond acceptors (Lipinski definition) is 4. The maximum atomic E-state index is 6.65. The van der Waals surface area contributed by atoms with Crippen LogP contribution in [0.3, 0.4) is 0 Å². The van der Waals surface area contributed by atoms with Crippen molar-refractivity contribution in [1.82, 2.24) is 0 Å². The van der Waals surface area contributed by atoms with Crippen LogP contribution in [-0.2, 0) is 76.3 Å². The summed E-state index contributed by atoms with van der Waals surface area (Å²) in [6.07, 6.45) is 0.960. The predicted octanol–water partition coefficient (Wildman–Crippen LogP) is 20.0. The molecule has 10 aromatic carbocycles. The van der Waals surface area contributed by atoms with E-state index < -0.39 is 0 Å². The van der Waals surface area contributed by atoms with Crippen LogP contribution in [-0.4, -0.2) is 6.71 Å². The van der Waals surface area contributed by atoms with Crippen LogP contribution in [0.15, 0.2) is 199 Å². The molecule has 0 radical (unpaired) electrons. The average Bonchev–Trinajstić information content (AvgIpc) is 0.808. The first-order valence-electron chi connectivity index (χ1n) is 29.9. The molecule has 2 aliphatic rings. The van der Waals surface area contributed by atoms with E-state index >= 15 is 0 Å². The molecule has 0 unspecified atom stereocenters. The Balaban J connectivity index is 0.00000384. The molecule has 0 amide bonds.